The Bertz CT molecular complexity index is 1180. The fourth-order valence-corrected chi connectivity index (χ4v) is 3.58. The van der Waals surface area contributed by atoms with Crippen LogP contribution in [-0.4, -0.2) is 30.5 Å². The van der Waals surface area contributed by atoms with E-state index in [9.17, 15) is 4.79 Å². The number of aryl methyl sites for hydroxylation is 3. The molecule has 0 aliphatic heterocycles. The number of hydrogen-bond acceptors (Lipinski definition) is 4. The second kappa shape index (κ2) is 7.20. The van der Waals surface area contributed by atoms with Crippen LogP contribution in [0.1, 0.15) is 27.3 Å². The summed E-state index contributed by atoms with van der Waals surface area (Å²) in [6.07, 6.45) is 3.68. The number of carbonyl (C=O) groups excluding carboxylic acids is 1. The number of nitrogens with one attached hydrogen (secondary N) is 1. The lowest BCUT2D eigenvalue weighted by atomic mass is 10.1. The molecular weight excluding hydrogens is 420 g/mol. The molecule has 4 aromatic rings. The van der Waals surface area contributed by atoms with Gasteiger partial charge in [0.05, 0.1) is 33.9 Å². The van der Waals surface area contributed by atoms with Crippen LogP contribution in [-0.2, 0) is 13.6 Å². The van der Waals surface area contributed by atoms with E-state index in [1.165, 1.54) is 0 Å². The number of anilines is 1. The van der Waals surface area contributed by atoms with E-state index in [1.54, 1.807) is 16.9 Å². The first kappa shape index (κ1) is 18.4. The number of benzene rings is 1. The minimum Gasteiger partial charge on any atom is -0.322 e. The predicted molar refractivity (Wildman–Crippen MR) is 111 cm³/mol. The maximum absolute atomic E-state index is 12.9. The van der Waals surface area contributed by atoms with E-state index in [0.29, 0.717) is 17.8 Å². The number of carbonyl (C=O) groups is 1. The van der Waals surface area contributed by atoms with Crippen LogP contribution in [0.5, 0.6) is 0 Å². The molecule has 0 spiro atoms. The van der Waals surface area contributed by atoms with Crippen LogP contribution >= 0.6 is 15.9 Å². The summed E-state index contributed by atoms with van der Waals surface area (Å²) < 4.78 is 4.50. The largest absolute Gasteiger partial charge is 0.322 e. The highest BCUT2D eigenvalue weighted by Gasteiger charge is 2.17. The van der Waals surface area contributed by atoms with Gasteiger partial charge in [-0.25, -0.2) is 4.98 Å². The summed E-state index contributed by atoms with van der Waals surface area (Å²) in [5.74, 6) is -0.171. The molecule has 0 saturated carbocycles. The molecule has 0 aliphatic rings. The van der Waals surface area contributed by atoms with Gasteiger partial charge in [-0.05, 0) is 53.5 Å². The van der Waals surface area contributed by atoms with Gasteiger partial charge in [0, 0.05) is 24.6 Å². The molecule has 4 rings (SSSR count). The number of fused-ring (bicyclic) bond motifs is 1. The lowest BCUT2D eigenvalue weighted by Crippen LogP contribution is -2.13. The van der Waals surface area contributed by atoms with E-state index in [0.717, 1.165) is 32.5 Å². The van der Waals surface area contributed by atoms with Crippen molar-refractivity contribution in [3.05, 3.63) is 69.7 Å². The van der Waals surface area contributed by atoms with Gasteiger partial charge in [-0.2, -0.15) is 10.2 Å². The first-order valence-electron chi connectivity index (χ1n) is 8.80. The van der Waals surface area contributed by atoms with E-state index in [-0.39, 0.29) is 5.91 Å². The summed E-state index contributed by atoms with van der Waals surface area (Å²) in [6.45, 7) is 4.43. The Hall–Kier alpha value is -3.00. The normalized spacial score (nSPS) is 11.1. The molecule has 0 fully saturated rings. The van der Waals surface area contributed by atoms with E-state index in [4.69, 9.17) is 0 Å². The molecule has 0 bridgehead atoms. The zero-order chi connectivity index (χ0) is 19.8. The SMILES string of the molecule is Cc1cc(C(=O)Nc2ccc(Cn3cc(Br)cn3)cc2)c2c(C)nn(C)c2n1. The Morgan fingerprint density at radius 3 is 2.64 bits per heavy atom. The van der Waals surface area contributed by atoms with Gasteiger partial charge in [0.25, 0.3) is 5.91 Å². The van der Waals surface area contributed by atoms with Crippen molar-refractivity contribution in [2.75, 3.05) is 5.32 Å². The predicted octanol–water partition coefficient (Wildman–Crippen LogP) is 3.84. The molecule has 0 unspecified atom stereocenters. The van der Waals surface area contributed by atoms with Crippen molar-refractivity contribution >= 4 is 38.6 Å². The third-order valence-corrected chi connectivity index (χ3v) is 4.91. The summed E-state index contributed by atoms with van der Waals surface area (Å²) in [4.78, 5) is 17.4. The zero-order valence-electron chi connectivity index (χ0n) is 15.8. The summed E-state index contributed by atoms with van der Waals surface area (Å²) in [5.41, 5.74) is 4.69. The molecule has 1 amide bonds. The third kappa shape index (κ3) is 3.55. The number of hydrogen-bond donors (Lipinski definition) is 1. The molecule has 0 aliphatic carbocycles. The molecule has 8 heteroatoms. The first-order chi connectivity index (χ1) is 13.4. The maximum atomic E-state index is 12.9. The van der Waals surface area contributed by atoms with Crippen molar-refractivity contribution in [1.82, 2.24) is 24.5 Å². The van der Waals surface area contributed by atoms with E-state index < -0.39 is 0 Å². The number of nitrogens with zero attached hydrogens (tertiary/aromatic N) is 5. The third-order valence-electron chi connectivity index (χ3n) is 4.50. The molecule has 1 aromatic carbocycles. The summed E-state index contributed by atoms with van der Waals surface area (Å²) in [5, 5.41) is 12.4. The molecule has 0 radical (unpaired) electrons. The van der Waals surface area contributed by atoms with Crippen molar-refractivity contribution in [2.45, 2.75) is 20.4 Å². The summed E-state index contributed by atoms with van der Waals surface area (Å²) in [7, 11) is 1.83. The molecule has 7 nitrogen and oxygen atoms in total. The fourth-order valence-electron chi connectivity index (χ4n) is 3.25. The molecule has 0 saturated heterocycles. The number of pyridine rings is 1. The smallest absolute Gasteiger partial charge is 0.256 e. The van der Waals surface area contributed by atoms with Gasteiger partial charge in [-0.1, -0.05) is 12.1 Å². The van der Waals surface area contributed by atoms with Crippen molar-refractivity contribution in [3.8, 4) is 0 Å². The summed E-state index contributed by atoms with van der Waals surface area (Å²) in [6, 6.07) is 9.55. The average Bonchev–Trinajstić information content (AvgIpc) is 3.18. The molecule has 142 valence electrons. The van der Waals surface area contributed by atoms with Crippen molar-refractivity contribution < 1.29 is 4.79 Å². The van der Waals surface area contributed by atoms with Crippen molar-refractivity contribution in [3.63, 3.8) is 0 Å². The number of halogens is 1. The highest BCUT2D eigenvalue weighted by atomic mass is 79.9. The Balaban J connectivity index is 1.56. The molecule has 1 N–H and O–H groups in total. The lowest BCUT2D eigenvalue weighted by molar-refractivity contribution is 0.102. The van der Waals surface area contributed by atoms with E-state index >= 15 is 0 Å². The van der Waals surface area contributed by atoms with Crippen LogP contribution in [0.2, 0.25) is 0 Å². The first-order valence-corrected chi connectivity index (χ1v) is 9.59. The van der Waals surface area contributed by atoms with Crippen LogP contribution in [0.15, 0.2) is 47.2 Å². The van der Waals surface area contributed by atoms with Crippen LogP contribution in [0, 0.1) is 13.8 Å². The lowest BCUT2D eigenvalue weighted by Gasteiger charge is -2.09. The summed E-state index contributed by atoms with van der Waals surface area (Å²) >= 11 is 3.39. The van der Waals surface area contributed by atoms with Gasteiger partial charge in [-0.15, -0.1) is 0 Å². The van der Waals surface area contributed by atoms with Crippen molar-refractivity contribution in [2.24, 2.45) is 7.05 Å². The monoisotopic (exact) mass is 438 g/mol. The van der Waals surface area contributed by atoms with E-state index in [1.807, 2.05) is 56.0 Å². The highest BCUT2D eigenvalue weighted by molar-refractivity contribution is 9.10. The Kier molecular flexibility index (Phi) is 4.72. The average molecular weight is 439 g/mol. The zero-order valence-corrected chi connectivity index (χ0v) is 17.4. The van der Waals surface area contributed by atoms with Gasteiger partial charge in [0.2, 0.25) is 0 Å². The Morgan fingerprint density at radius 1 is 1.21 bits per heavy atom. The second-order valence-corrected chi connectivity index (χ2v) is 7.64. The van der Waals surface area contributed by atoms with Crippen LogP contribution in [0.3, 0.4) is 0 Å². The van der Waals surface area contributed by atoms with Gasteiger partial charge in [0.1, 0.15) is 0 Å². The number of rotatable bonds is 4. The van der Waals surface area contributed by atoms with Crippen LogP contribution in [0.25, 0.3) is 11.0 Å². The van der Waals surface area contributed by atoms with Gasteiger partial charge < -0.3 is 5.32 Å². The number of amides is 1. The minimum absolute atomic E-state index is 0.171. The van der Waals surface area contributed by atoms with Crippen LogP contribution in [0.4, 0.5) is 5.69 Å². The quantitative estimate of drug-likeness (QED) is 0.524. The van der Waals surface area contributed by atoms with Crippen LogP contribution < -0.4 is 5.32 Å². The fraction of sp³-hybridized carbons (Fsp3) is 0.200. The van der Waals surface area contributed by atoms with Gasteiger partial charge >= 0.3 is 0 Å². The van der Waals surface area contributed by atoms with Crippen molar-refractivity contribution in [1.29, 1.82) is 0 Å². The standard InChI is InChI=1S/C20H19BrN6O/c1-12-8-17(18-13(2)25-26(3)19(18)23-12)20(28)24-16-6-4-14(5-7-16)10-27-11-15(21)9-22-27/h4-9,11H,10H2,1-3H3,(H,24,28). The second-order valence-electron chi connectivity index (χ2n) is 6.73. The van der Waals surface area contributed by atoms with Gasteiger partial charge in [0.15, 0.2) is 5.65 Å². The molecule has 3 heterocycles. The minimum atomic E-state index is -0.171. The Labute approximate surface area is 170 Å². The topological polar surface area (TPSA) is 77.6 Å². The molecule has 28 heavy (non-hydrogen) atoms. The number of aromatic nitrogens is 5. The molecule has 0 atom stereocenters. The Morgan fingerprint density at radius 2 is 1.96 bits per heavy atom. The molecular formula is C20H19BrN6O. The molecule has 3 aromatic heterocycles. The highest BCUT2D eigenvalue weighted by Crippen LogP contribution is 2.23. The van der Waals surface area contributed by atoms with Gasteiger partial charge in [-0.3, -0.25) is 14.2 Å². The maximum Gasteiger partial charge on any atom is 0.256 e. The van der Waals surface area contributed by atoms with E-state index in [2.05, 4.69) is 36.4 Å².